The number of esters is 1. The maximum atomic E-state index is 11.6. The van der Waals surface area contributed by atoms with E-state index in [4.69, 9.17) is 14.2 Å². The van der Waals surface area contributed by atoms with Crippen molar-refractivity contribution in [1.82, 2.24) is 4.98 Å². The van der Waals surface area contributed by atoms with E-state index in [9.17, 15) is 4.79 Å². The summed E-state index contributed by atoms with van der Waals surface area (Å²) in [5.74, 6) is 0.886. The number of aryl methyl sites for hydroxylation is 1. The lowest BCUT2D eigenvalue weighted by Crippen LogP contribution is -2.23. The molecule has 0 saturated carbocycles. The van der Waals surface area contributed by atoms with Crippen LogP contribution in [0.5, 0.6) is 11.6 Å². The third-order valence-electron chi connectivity index (χ3n) is 2.55. The fraction of sp³-hybridized carbons (Fsp3) is 0.600. The van der Waals surface area contributed by atoms with Gasteiger partial charge < -0.3 is 14.2 Å². The van der Waals surface area contributed by atoms with Crippen LogP contribution in [0.15, 0.2) is 12.3 Å². The molecule has 20 heavy (non-hydrogen) atoms. The van der Waals surface area contributed by atoms with Gasteiger partial charge in [0.25, 0.3) is 5.88 Å². The summed E-state index contributed by atoms with van der Waals surface area (Å²) in [6.45, 7) is 5.59. The molecule has 0 atom stereocenters. The Bertz CT molecular complexity index is 452. The molecule has 0 radical (unpaired) electrons. The van der Waals surface area contributed by atoms with E-state index in [2.05, 4.69) is 4.98 Å². The Morgan fingerprint density at radius 2 is 1.95 bits per heavy atom. The van der Waals surface area contributed by atoms with Crippen LogP contribution in [-0.4, -0.2) is 30.8 Å². The minimum Gasteiger partial charge on any atom is -0.491 e. The van der Waals surface area contributed by atoms with Gasteiger partial charge in [0.05, 0.1) is 14.2 Å². The van der Waals surface area contributed by atoms with E-state index < -0.39 is 5.60 Å². The lowest BCUT2D eigenvalue weighted by atomic mass is 10.1. The van der Waals surface area contributed by atoms with Crippen LogP contribution in [0.4, 0.5) is 0 Å². The molecule has 5 heteroatoms. The molecule has 5 nitrogen and oxygen atoms in total. The zero-order valence-corrected chi connectivity index (χ0v) is 12.9. The molecule has 0 amide bonds. The molecule has 0 fully saturated rings. The van der Waals surface area contributed by atoms with Crippen LogP contribution in [0, 0.1) is 0 Å². The summed E-state index contributed by atoms with van der Waals surface area (Å²) in [6, 6.07) is 1.88. The van der Waals surface area contributed by atoms with Crippen molar-refractivity contribution in [2.45, 2.75) is 45.6 Å². The van der Waals surface area contributed by atoms with E-state index in [0.29, 0.717) is 24.5 Å². The van der Waals surface area contributed by atoms with Gasteiger partial charge in [-0.2, -0.15) is 0 Å². The first kappa shape index (κ1) is 16.3. The van der Waals surface area contributed by atoms with Gasteiger partial charge in [0.1, 0.15) is 5.60 Å². The average molecular weight is 281 g/mol. The quantitative estimate of drug-likeness (QED) is 0.750. The molecule has 1 rings (SSSR count). The molecular weight excluding hydrogens is 258 g/mol. The molecule has 0 aliphatic heterocycles. The summed E-state index contributed by atoms with van der Waals surface area (Å²) in [6.07, 6.45) is 3.58. The van der Waals surface area contributed by atoms with Crippen LogP contribution < -0.4 is 9.47 Å². The van der Waals surface area contributed by atoms with Crippen LogP contribution >= 0.6 is 0 Å². The molecular formula is C15H23NO4. The minimum atomic E-state index is -0.429. The van der Waals surface area contributed by atoms with Gasteiger partial charge in [0.2, 0.25) is 0 Å². The average Bonchev–Trinajstić information content (AvgIpc) is 2.36. The van der Waals surface area contributed by atoms with Crippen molar-refractivity contribution < 1.29 is 19.0 Å². The van der Waals surface area contributed by atoms with Gasteiger partial charge in [-0.15, -0.1) is 0 Å². The van der Waals surface area contributed by atoms with Gasteiger partial charge in [-0.1, -0.05) is 0 Å². The van der Waals surface area contributed by atoms with E-state index in [0.717, 1.165) is 12.0 Å². The predicted molar refractivity (Wildman–Crippen MR) is 76.1 cm³/mol. The number of pyridine rings is 1. The van der Waals surface area contributed by atoms with Crippen LogP contribution in [0.3, 0.4) is 0 Å². The fourth-order valence-electron chi connectivity index (χ4n) is 1.74. The summed E-state index contributed by atoms with van der Waals surface area (Å²) >= 11 is 0. The van der Waals surface area contributed by atoms with Crippen molar-refractivity contribution in [3.8, 4) is 11.6 Å². The Balaban J connectivity index is 2.48. The number of rotatable bonds is 6. The Morgan fingerprint density at radius 3 is 2.50 bits per heavy atom. The second kappa shape index (κ2) is 7.12. The van der Waals surface area contributed by atoms with E-state index in [1.54, 1.807) is 20.4 Å². The van der Waals surface area contributed by atoms with Gasteiger partial charge in [0.15, 0.2) is 5.75 Å². The SMILES string of the molecule is COc1cc(CCCC(=O)OC(C)(C)C)cnc1OC. The fourth-order valence-corrected chi connectivity index (χ4v) is 1.74. The molecule has 0 saturated heterocycles. The molecule has 0 aromatic carbocycles. The number of aromatic nitrogens is 1. The minimum absolute atomic E-state index is 0.175. The van der Waals surface area contributed by atoms with E-state index in [1.165, 1.54) is 0 Å². The molecule has 0 N–H and O–H groups in total. The predicted octanol–water partition coefficient (Wildman–Crippen LogP) is 2.76. The molecule has 0 aliphatic rings. The Hall–Kier alpha value is -1.78. The van der Waals surface area contributed by atoms with Crippen molar-refractivity contribution in [1.29, 1.82) is 0 Å². The Labute approximate surface area is 120 Å². The van der Waals surface area contributed by atoms with Crippen molar-refractivity contribution in [3.63, 3.8) is 0 Å². The second-order valence-corrected chi connectivity index (χ2v) is 5.50. The standard InChI is InChI=1S/C15H23NO4/c1-15(2,3)20-13(17)8-6-7-11-9-12(18-4)14(19-5)16-10-11/h9-10H,6-8H2,1-5H3. The zero-order chi connectivity index (χ0) is 15.2. The summed E-state index contributed by atoms with van der Waals surface area (Å²) in [5.41, 5.74) is 0.577. The molecule has 1 aromatic heterocycles. The summed E-state index contributed by atoms with van der Waals surface area (Å²) in [5, 5.41) is 0. The first-order valence-corrected chi connectivity index (χ1v) is 6.64. The highest BCUT2D eigenvalue weighted by molar-refractivity contribution is 5.69. The zero-order valence-electron chi connectivity index (χ0n) is 12.9. The van der Waals surface area contributed by atoms with Gasteiger partial charge in [0, 0.05) is 12.6 Å². The van der Waals surface area contributed by atoms with Crippen LogP contribution in [0.1, 0.15) is 39.2 Å². The van der Waals surface area contributed by atoms with Gasteiger partial charge in [-0.3, -0.25) is 4.79 Å². The maximum absolute atomic E-state index is 11.6. The Kier molecular flexibility index (Phi) is 5.80. The van der Waals surface area contributed by atoms with E-state index in [1.807, 2.05) is 26.8 Å². The molecule has 0 aliphatic carbocycles. The number of methoxy groups -OCH3 is 2. The first-order valence-electron chi connectivity index (χ1n) is 6.64. The summed E-state index contributed by atoms with van der Waals surface area (Å²) in [4.78, 5) is 15.8. The van der Waals surface area contributed by atoms with Gasteiger partial charge >= 0.3 is 5.97 Å². The van der Waals surface area contributed by atoms with Crippen LogP contribution in [0.25, 0.3) is 0 Å². The van der Waals surface area contributed by atoms with Crippen molar-refractivity contribution in [2.24, 2.45) is 0 Å². The molecule has 112 valence electrons. The number of nitrogens with zero attached hydrogens (tertiary/aromatic N) is 1. The third-order valence-corrected chi connectivity index (χ3v) is 2.55. The van der Waals surface area contributed by atoms with E-state index in [-0.39, 0.29) is 5.97 Å². The number of carbonyl (C=O) groups excluding carboxylic acids is 1. The molecule has 1 aromatic rings. The summed E-state index contributed by atoms with van der Waals surface area (Å²) < 4.78 is 15.5. The topological polar surface area (TPSA) is 57.7 Å². The Morgan fingerprint density at radius 1 is 1.25 bits per heavy atom. The highest BCUT2D eigenvalue weighted by Gasteiger charge is 2.15. The number of hydrogen-bond acceptors (Lipinski definition) is 5. The highest BCUT2D eigenvalue weighted by Crippen LogP contribution is 2.25. The number of hydrogen-bond donors (Lipinski definition) is 0. The first-order chi connectivity index (χ1) is 9.35. The number of ether oxygens (including phenoxy) is 3. The normalized spacial score (nSPS) is 11.1. The van der Waals surface area contributed by atoms with Crippen molar-refractivity contribution in [2.75, 3.05) is 14.2 Å². The monoisotopic (exact) mass is 281 g/mol. The largest absolute Gasteiger partial charge is 0.491 e. The molecule has 1 heterocycles. The smallest absolute Gasteiger partial charge is 0.306 e. The number of carbonyl (C=O) groups is 1. The molecule has 0 bridgehead atoms. The second-order valence-electron chi connectivity index (χ2n) is 5.50. The third kappa shape index (κ3) is 5.47. The van der Waals surface area contributed by atoms with Gasteiger partial charge in [-0.05, 0) is 45.2 Å². The lowest BCUT2D eigenvalue weighted by molar-refractivity contribution is -0.154. The van der Waals surface area contributed by atoms with E-state index >= 15 is 0 Å². The highest BCUT2D eigenvalue weighted by atomic mass is 16.6. The van der Waals surface area contributed by atoms with Crippen LogP contribution in [0.2, 0.25) is 0 Å². The maximum Gasteiger partial charge on any atom is 0.306 e. The summed E-state index contributed by atoms with van der Waals surface area (Å²) in [7, 11) is 3.12. The lowest BCUT2D eigenvalue weighted by Gasteiger charge is -2.19. The van der Waals surface area contributed by atoms with Crippen LogP contribution in [-0.2, 0) is 16.0 Å². The van der Waals surface area contributed by atoms with Gasteiger partial charge in [-0.25, -0.2) is 4.98 Å². The van der Waals surface area contributed by atoms with Crippen molar-refractivity contribution in [3.05, 3.63) is 17.8 Å². The molecule has 0 unspecified atom stereocenters. The van der Waals surface area contributed by atoms with Crippen molar-refractivity contribution >= 4 is 5.97 Å². The molecule has 0 spiro atoms.